The number of amides is 1. The number of unbranched alkanes of at least 4 members (excludes halogenated alkanes) is 2. The molecule has 1 fully saturated rings. The van der Waals surface area contributed by atoms with E-state index in [9.17, 15) is 24.6 Å². The summed E-state index contributed by atoms with van der Waals surface area (Å²) in [5.74, 6) is -2.66. The molecular weight excluding hydrogens is 382 g/mol. The number of carbonyl (C=O) groups is 3. The lowest BCUT2D eigenvalue weighted by Gasteiger charge is -2.25. The van der Waals surface area contributed by atoms with Crippen LogP contribution in [0.3, 0.4) is 0 Å². The number of carbonyl (C=O) groups excluding carboxylic acids is 3. The van der Waals surface area contributed by atoms with E-state index in [0.29, 0.717) is 31.4 Å². The summed E-state index contributed by atoms with van der Waals surface area (Å²) in [5.41, 5.74) is 2.31. The first kappa shape index (κ1) is 21.3. The predicted molar refractivity (Wildman–Crippen MR) is 110 cm³/mol. The highest BCUT2D eigenvalue weighted by Crippen LogP contribution is 2.39. The lowest BCUT2D eigenvalue weighted by atomic mass is 9.95. The highest BCUT2D eigenvalue weighted by molar-refractivity contribution is 6.46. The summed E-state index contributed by atoms with van der Waals surface area (Å²) in [6.45, 7) is 2.22. The number of hydrogen-bond donors (Lipinski definition) is 1. The Hall–Kier alpha value is -3.41. The molecule has 156 valence electrons. The van der Waals surface area contributed by atoms with Crippen molar-refractivity contribution in [2.24, 2.45) is 0 Å². The molecule has 0 unspecified atom stereocenters. The number of hydrogen-bond acceptors (Lipinski definition) is 5. The van der Waals surface area contributed by atoms with Crippen LogP contribution in [-0.2, 0) is 14.4 Å². The van der Waals surface area contributed by atoms with Gasteiger partial charge in [-0.05, 0) is 31.7 Å². The lowest BCUT2D eigenvalue weighted by Crippen LogP contribution is -2.30. The molecule has 1 atom stereocenters. The Morgan fingerprint density at radius 1 is 1.00 bits per heavy atom. The van der Waals surface area contributed by atoms with Gasteiger partial charge in [0.15, 0.2) is 0 Å². The van der Waals surface area contributed by atoms with E-state index >= 15 is 0 Å². The molecule has 0 saturated carbocycles. The largest absolute Gasteiger partial charge is 0.550 e. The van der Waals surface area contributed by atoms with E-state index in [2.05, 4.69) is 0 Å². The number of benzene rings is 2. The van der Waals surface area contributed by atoms with Crippen molar-refractivity contribution in [1.82, 2.24) is 4.90 Å². The van der Waals surface area contributed by atoms with Gasteiger partial charge in [-0.25, -0.2) is 0 Å². The van der Waals surface area contributed by atoms with Crippen LogP contribution in [0, 0.1) is 6.92 Å². The van der Waals surface area contributed by atoms with E-state index in [1.807, 2.05) is 49.4 Å². The van der Waals surface area contributed by atoms with Crippen LogP contribution in [0.1, 0.15) is 48.4 Å². The SMILES string of the molecule is Cc1ccc(/C(O)=C2\C(=O)C(=O)N(CCCCCC(=O)[O-])[C@@H]2c2ccccc2)cc1. The smallest absolute Gasteiger partial charge is 0.295 e. The Morgan fingerprint density at radius 2 is 1.67 bits per heavy atom. The molecule has 0 radical (unpaired) electrons. The van der Waals surface area contributed by atoms with Gasteiger partial charge < -0.3 is 19.9 Å². The zero-order chi connectivity index (χ0) is 21.7. The van der Waals surface area contributed by atoms with E-state index in [1.165, 1.54) is 4.90 Å². The van der Waals surface area contributed by atoms with Crippen LogP contribution in [0.4, 0.5) is 0 Å². The van der Waals surface area contributed by atoms with Crippen LogP contribution in [0.25, 0.3) is 5.76 Å². The summed E-state index contributed by atoms with van der Waals surface area (Å²) in [6, 6.07) is 15.6. The average Bonchev–Trinajstić information content (AvgIpc) is 2.99. The Kier molecular flexibility index (Phi) is 6.67. The summed E-state index contributed by atoms with van der Waals surface area (Å²) in [6.07, 6.45) is 1.56. The van der Waals surface area contributed by atoms with Gasteiger partial charge in [0.25, 0.3) is 11.7 Å². The van der Waals surface area contributed by atoms with E-state index < -0.39 is 23.7 Å². The summed E-state index contributed by atoms with van der Waals surface area (Å²) >= 11 is 0. The van der Waals surface area contributed by atoms with Gasteiger partial charge >= 0.3 is 0 Å². The molecular formula is C24H24NO5-. The number of aliphatic hydroxyl groups is 1. The molecule has 0 aliphatic carbocycles. The molecule has 1 N–H and O–H groups in total. The number of carboxylic acids is 1. The molecule has 1 heterocycles. The summed E-state index contributed by atoms with van der Waals surface area (Å²) in [7, 11) is 0. The predicted octanol–water partition coefficient (Wildman–Crippen LogP) is 2.73. The molecule has 3 rings (SSSR count). The molecule has 1 aliphatic rings. The van der Waals surface area contributed by atoms with Gasteiger partial charge in [-0.3, -0.25) is 9.59 Å². The van der Waals surface area contributed by atoms with Crippen molar-refractivity contribution in [1.29, 1.82) is 0 Å². The third-order valence-corrected chi connectivity index (χ3v) is 5.26. The van der Waals surface area contributed by atoms with Crippen molar-refractivity contribution >= 4 is 23.4 Å². The highest BCUT2D eigenvalue weighted by Gasteiger charge is 2.45. The third kappa shape index (κ3) is 4.59. The Bertz CT molecular complexity index is 963. The van der Waals surface area contributed by atoms with Crippen LogP contribution in [0.2, 0.25) is 0 Å². The summed E-state index contributed by atoms with van der Waals surface area (Å²) < 4.78 is 0. The van der Waals surface area contributed by atoms with Crippen molar-refractivity contribution in [3.05, 3.63) is 76.9 Å². The number of aliphatic hydroxyl groups excluding tert-OH is 1. The van der Waals surface area contributed by atoms with Crippen LogP contribution in [0.5, 0.6) is 0 Å². The van der Waals surface area contributed by atoms with Crippen molar-refractivity contribution in [2.45, 2.75) is 38.6 Å². The summed E-state index contributed by atoms with van der Waals surface area (Å²) in [4.78, 5) is 37.7. The van der Waals surface area contributed by atoms with Crippen LogP contribution < -0.4 is 5.11 Å². The second-order valence-electron chi connectivity index (χ2n) is 7.45. The van der Waals surface area contributed by atoms with Gasteiger partial charge in [-0.15, -0.1) is 0 Å². The molecule has 0 spiro atoms. The number of nitrogens with zero attached hydrogens (tertiary/aromatic N) is 1. The van der Waals surface area contributed by atoms with Gasteiger partial charge in [-0.2, -0.15) is 0 Å². The second-order valence-corrected chi connectivity index (χ2v) is 7.45. The topological polar surface area (TPSA) is 97.7 Å². The summed E-state index contributed by atoms with van der Waals surface area (Å²) in [5, 5.41) is 21.5. The molecule has 0 aromatic heterocycles. The minimum Gasteiger partial charge on any atom is -0.550 e. The first-order valence-corrected chi connectivity index (χ1v) is 10.0. The zero-order valence-corrected chi connectivity index (χ0v) is 16.8. The standard InChI is InChI=1S/C24H25NO5/c1-16-11-13-18(14-12-16)22(28)20-21(17-8-4-2-5-9-17)25(24(30)23(20)29)15-7-3-6-10-19(26)27/h2,4-5,8-9,11-14,21,28H,3,6-7,10,15H2,1H3,(H,26,27)/p-1/b22-20+/t21-/m1/s1. The number of carboxylic acid groups (broad SMARTS) is 1. The van der Waals surface area contributed by atoms with Crippen molar-refractivity contribution in [3.8, 4) is 0 Å². The Labute approximate surface area is 175 Å². The molecule has 0 bridgehead atoms. The fraction of sp³-hybridized carbons (Fsp3) is 0.292. The third-order valence-electron chi connectivity index (χ3n) is 5.26. The quantitative estimate of drug-likeness (QED) is 0.315. The first-order chi connectivity index (χ1) is 14.4. The number of aliphatic carboxylic acids is 1. The maximum absolute atomic E-state index is 12.9. The molecule has 1 amide bonds. The number of rotatable bonds is 8. The Balaban J connectivity index is 1.94. The minimum absolute atomic E-state index is 0.0334. The molecule has 1 aliphatic heterocycles. The fourth-order valence-electron chi connectivity index (χ4n) is 3.69. The van der Waals surface area contributed by atoms with Crippen LogP contribution in [0.15, 0.2) is 60.2 Å². The van der Waals surface area contributed by atoms with Crippen LogP contribution >= 0.6 is 0 Å². The maximum atomic E-state index is 12.9. The average molecular weight is 406 g/mol. The molecule has 30 heavy (non-hydrogen) atoms. The normalized spacial score (nSPS) is 18.0. The molecule has 1 saturated heterocycles. The van der Waals surface area contributed by atoms with Crippen LogP contribution in [-0.4, -0.2) is 34.2 Å². The fourth-order valence-corrected chi connectivity index (χ4v) is 3.69. The minimum atomic E-state index is -1.10. The lowest BCUT2D eigenvalue weighted by molar-refractivity contribution is -0.305. The number of aryl methyl sites for hydroxylation is 1. The van der Waals surface area contributed by atoms with Gasteiger partial charge in [0.05, 0.1) is 11.6 Å². The van der Waals surface area contributed by atoms with E-state index in [4.69, 9.17) is 0 Å². The van der Waals surface area contributed by atoms with Crippen molar-refractivity contribution < 1.29 is 24.6 Å². The Morgan fingerprint density at radius 3 is 2.30 bits per heavy atom. The first-order valence-electron chi connectivity index (χ1n) is 10.0. The molecule has 6 heteroatoms. The number of likely N-dealkylation sites (tertiary alicyclic amines) is 1. The van der Waals surface area contributed by atoms with Gasteiger partial charge in [0, 0.05) is 18.1 Å². The van der Waals surface area contributed by atoms with Gasteiger partial charge in [-0.1, -0.05) is 66.6 Å². The van der Waals surface area contributed by atoms with Gasteiger partial charge in [0.1, 0.15) is 5.76 Å². The van der Waals surface area contributed by atoms with E-state index in [0.717, 1.165) is 11.1 Å². The van der Waals surface area contributed by atoms with Crippen molar-refractivity contribution in [3.63, 3.8) is 0 Å². The molecule has 2 aromatic rings. The van der Waals surface area contributed by atoms with E-state index in [-0.39, 0.29) is 17.8 Å². The molecule has 2 aromatic carbocycles. The second kappa shape index (κ2) is 9.39. The zero-order valence-electron chi connectivity index (χ0n) is 16.8. The maximum Gasteiger partial charge on any atom is 0.295 e. The van der Waals surface area contributed by atoms with E-state index in [1.54, 1.807) is 12.1 Å². The number of ketones is 1. The molecule has 6 nitrogen and oxygen atoms in total. The highest BCUT2D eigenvalue weighted by atomic mass is 16.4. The van der Waals surface area contributed by atoms with Gasteiger partial charge in [0.2, 0.25) is 0 Å². The van der Waals surface area contributed by atoms with Crippen molar-refractivity contribution in [2.75, 3.05) is 6.54 Å². The monoisotopic (exact) mass is 406 g/mol. The number of Topliss-reactive ketones (excluding diaryl/α,β-unsaturated/α-hetero) is 1.